The second-order valence-corrected chi connectivity index (χ2v) is 6.30. The number of halogens is 1. The second kappa shape index (κ2) is 6.45. The molecule has 0 spiro atoms. The van der Waals surface area contributed by atoms with E-state index in [2.05, 4.69) is 45.2 Å². The molecule has 0 aliphatic rings. The summed E-state index contributed by atoms with van der Waals surface area (Å²) in [4.78, 5) is 4.34. The van der Waals surface area contributed by atoms with Gasteiger partial charge in [0, 0.05) is 36.3 Å². The highest BCUT2D eigenvalue weighted by atomic mass is 79.9. The largest absolute Gasteiger partial charge is 0.312 e. The number of rotatable bonds is 6. The van der Waals surface area contributed by atoms with Gasteiger partial charge in [0.25, 0.3) is 0 Å². The zero-order chi connectivity index (χ0) is 13.0. The molecule has 2 rings (SSSR count). The van der Waals surface area contributed by atoms with Gasteiger partial charge in [0.15, 0.2) is 0 Å². The third-order valence-electron chi connectivity index (χ3n) is 2.71. The van der Waals surface area contributed by atoms with Crippen molar-refractivity contribution >= 4 is 27.3 Å². The van der Waals surface area contributed by atoms with Crippen molar-refractivity contribution in [2.45, 2.75) is 32.4 Å². The van der Waals surface area contributed by atoms with E-state index >= 15 is 0 Å². The molecule has 4 nitrogen and oxygen atoms in total. The van der Waals surface area contributed by atoms with Crippen molar-refractivity contribution in [1.82, 2.24) is 20.1 Å². The van der Waals surface area contributed by atoms with Gasteiger partial charge in [-0.15, -0.1) is 11.3 Å². The quantitative estimate of drug-likeness (QED) is 0.886. The lowest BCUT2D eigenvalue weighted by atomic mass is 10.2. The van der Waals surface area contributed by atoms with Crippen molar-refractivity contribution in [3.05, 3.63) is 33.5 Å². The van der Waals surface area contributed by atoms with Crippen LogP contribution in [0.2, 0.25) is 0 Å². The van der Waals surface area contributed by atoms with E-state index in [0.717, 1.165) is 17.6 Å². The zero-order valence-corrected chi connectivity index (χ0v) is 12.9. The molecule has 0 saturated heterocycles. The van der Waals surface area contributed by atoms with E-state index in [1.165, 1.54) is 5.01 Å². The maximum Gasteiger partial charge on any atom is 0.0965 e. The van der Waals surface area contributed by atoms with Crippen molar-refractivity contribution in [3.63, 3.8) is 0 Å². The highest BCUT2D eigenvalue weighted by molar-refractivity contribution is 9.10. The predicted octanol–water partition coefficient (Wildman–Crippen LogP) is 2.88. The van der Waals surface area contributed by atoms with Gasteiger partial charge < -0.3 is 5.32 Å². The molecule has 98 valence electrons. The fourth-order valence-corrected chi connectivity index (χ4v) is 2.75. The Balaban J connectivity index is 1.76. The van der Waals surface area contributed by atoms with Crippen LogP contribution in [0.4, 0.5) is 0 Å². The molecular formula is C12H17BrN4S. The first kappa shape index (κ1) is 13.7. The van der Waals surface area contributed by atoms with E-state index in [4.69, 9.17) is 0 Å². The molecule has 2 heterocycles. The van der Waals surface area contributed by atoms with E-state index in [1.54, 1.807) is 11.3 Å². The number of aromatic nitrogens is 3. The van der Waals surface area contributed by atoms with Crippen LogP contribution >= 0.6 is 27.3 Å². The summed E-state index contributed by atoms with van der Waals surface area (Å²) in [5, 5.41) is 11.0. The molecule has 0 aliphatic carbocycles. The molecule has 0 fully saturated rings. The number of hydrogen-bond acceptors (Lipinski definition) is 4. The Bertz CT molecular complexity index is 468. The number of hydrogen-bond donors (Lipinski definition) is 1. The maximum atomic E-state index is 4.34. The normalized spacial score (nSPS) is 14.6. The molecule has 0 unspecified atom stereocenters. The lowest BCUT2D eigenvalue weighted by Gasteiger charge is -2.16. The standard InChI is InChI=1S/C12H17BrN4S/c1-9(12-14-3-4-18-12)5-15-10(2)7-17-8-11(13)6-16-17/h3-4,6,8-10,15H,5,7H2,1-2H3/t9-,10+/m1/s1. The summed E-state index contributed by atoms with van der Waals surface area (Å²) in [7, 11) is 0. The average Bonchev–Trinajstić information content (AvgIpc) is 2.97. The van der Waals surface area contributed by atoms with Crippen LogP contribution in [-0.2, 0) is 6.54 Å². The van der Waals surface area contributed by atoms with Crippen molar-refractivity contribution in [2.75, 3.05) is 6.54 Å². The fraction of sp³-hybridized carbons (Fsp3) is 0.500. The Labute approximate surface area is 120 Å². The number of nitrogens with one attached hydrogen (secondary N) is 1. The molecule has 1 N–H and O–H groups in total. The van der Waals surface area contributed by atoms with Crippen LogP contribution in [0.1, 0.15) is 24.8 Å². The van der Waals surface area contributed by atoms with Crippen LogP contribution in [0, 0.1) is 0 Å². The topological polar surface area (TPSA) is 42.7 Å². The highest BCUT2D eigenvalue weighted by Gasteiger charge is 2.10. The highest BCUT2D eigenvalue weighted by Crippen LogP contribution is 2.16. The first-order valence-corrected chi connectivity index (χ1v) is 7.63. The van der Waals surface area contributed by atoms with Crippen LogP contribution in [-0.4, -0.2) is 27.4 Å². The monoisotopic (exact) mass is 328 g/mol. The van der Waals surface area contributed by atoms with Crippen LogP contribution in [0.25, 0.3) is 0 Å². The molecule has 0 aliphatic heterocycles. The molecular weight excluding hydrogens is 312 g/mol. The molecule has 18 heavy (non-hydrogen) atoms. The van der Waals surface area contributed by atoms with Gasteiger partial charge >= 0.3 is 0 Å². The van der Waals surface area contributed by atoms with E-state index in [-0.39, 0.29) is 0 Å². The molecule has 2 atom stereocenters. The SMILES string of the molecule is C[C@H](CN[C@@H](C)Cn1cc(Br)cn1)c1nccs1. The van der Waals surface area contributed by atoms with Gasteiger partial charge in [-0.05, 0) is 22.9 Å². The Morgan fingerprint density at radius 1 is 1.50 bits per heavy atom. The third kappa shape index (κ3) is 3.90. The van der Waals surface area contributed by atoms with Crippen molar-refractivity contribution in [3.8, 4) is 0 Å². The summed E-state index contributed by atoms with van der Waals surface area (Å²) in [6, 6.07) is 0.388. The lowest BCUT2D eigenvalue weighted by molar-refractivity contribution is 0.440. The summed E-state index contributed by atoms with van der Waals surface area (Å²) in [6.45, 7) is 6.18. The third-order valence-corrected chi connectivity index (χ3v) is 4.12. The molecule has 0 aromatic carbocycles. The van der Waals surface area contributed by atoms with Crippen LogP contribution in [0.3, 0.4) is 0 Å². The number of nitrogens with zero attached hydrogens (tertiary/aromatic N) is 3. The van der Waals surface area contributed by atoms with E-state index < -0.39 is 0 Å². The summed E-state index contributed by atoms with van der Waals surface area (Å²) in [5.41, 5.74) is 0. The average molecular weight is 329 g/mol. The molecule has 2 aromatic rings. The van der Waals surface area contributed by atoms with E-state index in [1.807, 2.05) is 28.7 Å². The smallest absolute Gasteiger partial charge is 0.0965 e. The first-order chi connectivity index (χ1) is 8.65. The van der Waals surface area contributed by atoms with E-state index in [9.17, 15) is 0 Å². The molecule has 0 radical (unpaired) electrons. The van der Waals surface area contributed by atoms with Gasteiger partial charge in [-0.25, -0.2) is 4.98 Å². The molecule has 0 bridgehead atoms. The molecule has 6 heteroatoms. The van der Waals surface area contributed by atoms with E-state index in [0.29, 0.717) is 12.0 Å². The van der Waals surface area contributed by atoms with Crippen LogP contribution in [0.15, 0.2) is 28.4 Å². The van der Waals surface area contributed by atoms with Crippen molar-refractivity contribution in [2.24, 2.45) is 0 Å². The Kier molecular flexibility index (Phi) is 4.91. The molecule has 0 amide bonds. The minimum absolute atomic E-state index is 0.388. The minimum Gasteiger partial charge on any atom is -0.312 e. The Morgan fingerprint density at radius 3 is 2.94 bits per heavy atom. The summed E-state index contributed by atoms with van der Waals surface area (Å²) in [5.74, 6) is 0.455. The van der Waals surface area contributed by atoms with Gasteiger partial charge in [0.1, 0.15) is 0 Å². The first-order valence-electron chi connectivity index (χ1n) is 5.96. The zero-order valence-electron chi connectivity index (χ0n) is 10.5. The number of thiazole rings is 1. The molecule has 0 saturated carbocycles. The second-order valence-electron chi connectivity index (χ2n) is 4.46. The Hall–Kier alpha value is -0.720. The van der Waals surface area contributed by atoms with Crippen LogP contribution < -0.4 is 5.32 Å². The Morgan fingerprint density at radius 2 is 2.33 bits per heavy atom. The van der Waals surface area contributed by atoms with Gasteiger partial charge in [0.2, 0.25) is 0 Å². The molecule has 2 aromatic heterocycles. The van der Waals surface area contributed by atoms with Crippen LogP contribution in [0.5, 0.6) is 0 Å². The summed E-state index contributed by atoms with van der Waals surface area (Å²) < 4.78 is 2.96. The van der Waals surface area contributed by atoms with Crippen molar-refractivity contribution in [1.29, 1.82) is 0 Å². The van der Waals surface area contributed by atoms with Gasteiger partial charge in [-0.2, -0.15) is 5.10 Å². The van der Waals surface area contributed by atoms with Gasteiger partial charge in [-0.1, -0.05) is 6.92 Å². The summed E-state index contributed by atoms with van der Waals surface area (Å²) >= 11 is 5.11. The van der Waals surface area contributed by atoms with Gasteiger partial charge in [-0.3, -0.25) is 4.68 Å². The fourth-order valence-electron chi connectivity index (χ4n) is 1.73. The summed E-state index contributed by atoms with van der Waals surface area (Å²) in [6.07, 6.45) is 5.66. The maximum absolute atomic E-state index is 4.34. The van der Waals surface area contributed by atoms with Gasteiger partial charge in [0.05, 0.1) is 22.2 Å². The predicted molar refractivity (Wildman–Crippen MR) is 77.9 cm³/mol. The minimum atomic E-state index is 0.388. The lowest BCUT2D eigenvalue weighted by Crippen LogP contribution is -2.33. The van der Waals surface area contributed by atoms with Crippen molar-refractivity contribution < 1.29 is 0 Å².